The molecule has 0 saturated carbocycles. The number of nitrogen functional groups attached to an aromatic ring is 1. The fourth-order valence-corrected chi connectivity index (χ4v) is 2.34. The van der Waals surface area contributed by atoms with Gasteiger partial charge in [-0.1, -0.05) is 36.7 Å². The van der Waals surface area contributed by atoms with Crippen molar-refractivity contribution in [1.29, 1.82) is 0 Å². The monoisotopic (exact) mass is 299 g/mol. The minimum atomic E-state index is 0.474. The maximum Gasteiger partial charge on any atom is 0.189 e. The first kappa shape index (κ1) is 13.6. The molecule has 0 bridgehead atoms. The molecule has 6 heteroatoms. The molecule has 0 radical (unpaired) electrons. The van der Waals surface area contributed by atoms with E-state index in [1.807, 2.05) is 24.3 Å². The molecule has 3 rings (SSSR count). The van der Waals surface area contributed by atoms with Crippen LogP contribution in [-0.2, 0) is 6.42 Å². The van der Waals surface area contributed by atoms with E-state index < -0.39 is 0 Å². The SMILES string of the molecule is CCc1cccc(-n2nnnc2-c2cccc(Cl)c2N)c1. The van der Waals surface area contributed by atoms with Crippen molar-refractivity contribution in [3.8, 4) is 17.1 Å². The van der Waals surface area contributed by atoms with Gasteiger partial charge in [0.25, 0.3) is 0 Å². The van der Waals surface area contributed by atoms with E-state index in [-0.39, 0.29) is 0 Å². The van der Waals surface area contributed by atoms with Crippen molar-refractivity contribution in [2.75, 3.05) is 5.73 Å². The van der Waals surface area contributed by atoms with Crippen LogP contribution >= 0.6 is 11.6 Å². The zero-order valence-corrected chi connectivity index (χ0v) is 12.2. The van der Waals surface area contributed by atoms with Crippen LogP contribution in [0.2, 0.25) is 5.02 Å². The number of hydrogen-bond acceptors (Lipinski definition) is 4. The summed E-state index contributed by atoms with van der Waals surface area (Å²) in [5, 5.41) is 12.4. The van der Waals surface area contributed by atoms with Gasteiger partial charge < -0.3 is 5.73 Å². The van der Waals surface area contributed by atoms with Gasteiger partial charge in [-0.3, -0.25) is 0 Å². The smallest absolute Gasteiger partial charge is 0.189 e. The number of aryl methyl sites for hydroxylation is 1. The molecule has 0 fully saturated rings. The maximum absolute atomic E-state index is 6.07. The second-order valence-corrected chi connectivity index (χ2v) is 5.05. The molecule has 0 atom stereocenters. The van der Waals surface area contributed by atoms with Crippen LogP contribution in [0.15, 0.2) is 42.5 Å². The number of rotatable bonds is 3. The van der Waals surface area contributed by atoms with Gasteiger partial charge in [-0.15, -0.1) is 5.10 Å². The lowest BCUT2D eigenvalue weighted by Gasteiger charge is -2.08. The number of anilines is 1. The molecule has 0 aliphatic heterocycles. The predicted molar refractivity (Wildman–Crippen MR) is 83.4 cm³/mol. The number of para-hydroxylation sites is 1. The fraction of sp³-hybridized carbons (Fsp3) is 0.133. The minimum absolute atomic E-state index is 0.474. The molecule has 106 valence electrons. The Kier molecular flexibility index (Phi) is 3.58. The number of benzene rings is 2. The zero-order chi connectivity index (χ0) is 14.8. The Balaban J connectivity index is 2.15. The molecule has 0 saturated heterocycles. The average molecular weight is 300 g/mol. The Bertz CT molecular complexity index is 781. The molecule has 5 nitrogen and oxygen atoms in total. The number of nitrogens with zero attached hydrogens (tertiary/aromatic N) is 4. The first-order valence-electron chi connectivity index (χ1n) is 6.62. The molecule has 0 aliphatic rings. The van der Waals surface area contributed by atoms with Crippen LogP contribution in [0.5, 0.6) is 0 Å². The average Bonchev–Trinajstić information content (AvgIpc) is 2.99. The summed E-state index contributed by atoms with van der Waals surface area (Å²) in [6.45, 7) is 2.11. The molecule has 3 aromatic rings. The third kappa shape index (κ3) is 2.48. The van der Waals surface area contributed by atoms with Gasteiger partial charge in [-0.05, 0) is 46.7 Å². The zero-order valence-electron chi connectivity index (χ0n) is 11.5. The molecule has 0 amide bonds. The van der Waals surface area contributed by atoms with E-state index in [9.17, 15) is 0 Å². The first-order valence-corrected chi connectivity index (χ1v) is 7.00. The summed E-state index contributed by atoms with van der Waals surface area (Å²) >= 11 is 6.07. The molecular weight excluding hydrogens is 286 g/mol. The van der Waals surface area contributed by atoms with Crippen molar-refractivity contribution in [2.24, 2.45) is 0 Å². The molecule has 0 unspecified atom stereocenters. The van der Waals surface area contributed by atoms with E-state index in [1.165, 1.54) is 5.56 Å². The Labute approximate surface area is 127 Å². The highest BCUT2D eigenvalue weighted by Gasteiger charge is 2.14. The van der Waals surface area contributed by atoms with Crippen LogP contribution in [-0.4, -0.2) is 20.2 Å². The normalized spacial score (nSPS) is 10.8. The lowest BCUT2D eigenvalue weighted by molar-refractivity contribution is 0.790. The molecule has 0 aliphatic carbocycles. The number of halogens is 1. The van der Waals surface area contributed by atoms with E-state index in [4.69, 9.17) is 17.3 Å². The Morgan fingerprint density at radius 1 is 1.19 bits per heavy atom. The van der Waals surface area contributed by atoms with E-state index >= 15 is 0 Å². The number of hydrogen-bond donors (Lipinski definition) is 1. The third-order valence-corrected chi connectivity index (χ3v) is 3.66. The van der Waals surface area contributed by atoms with Gasteiger partial charge in [0, 0.05) is 5.56 Å². The Morgan fingerprint density at radius 3 is 2.81 bits per heavy atom. The lowest BCUT2D eigenvalue weighted by Crippen LogP contribution is -2.02. The van der Waals surface area contributed by atoms with E-state index in [1.54, 1.807) is 10.7 Å². The number of aromatic nitrogens is 4. The maximum atomic E-state index is 6.07. The first-order chi connectivity index (χ1) is 10.2. The largest absolute Gasteiger partial charge is 0.397 e. The lowest BCUT2D eigenvalue weighted by atomic mass is 10.1. The molecular formula is C15H14ClN5. The summed E-state index contributed by atoms with van der Waals surface area (Å²) in [5.41, 5.74) is 9.34. The molecule has 1 heterocycles. The van der Waals surface area contributed by atoms with Crippen molar-refractivity contribution in [2.45, 2.75) is 13.3 Å². The van der Waals surface area contributed by atoms with Crippen LogP contribution in [0.25, 0.3) is 17.1 Å². The number of nitrogens with two attached hydrogens (primary N) is 1. The van der Waals surface area contributed by atoms with Crippen molar-refractivity contribution < 1.29 is 0 Å². The molecule has 2 aromatic carbocycles. The van der Waals surface area contributed by atoms with Crippen LogP contribution in [0, 0.1) is 0 Å². The van der Waals surface area contributed by atoms with Crippen molar-refractivity contribution in [3.05, 3.63) is 53.1 Å². The van der Waals surface area contributed by atoms with Gasteiger partial charge in [0.2, 0.25) is 0 Å². The summed E-state index contributed by atoms with van der Waals surface area (Å²) in [4.78, 5) is 0. The highest BCUT2D eigenvalue weighted by atomic mass is 35.5. The summed E-state index contributed by atoms with van der Waals surface area (Å²) < 4.78 is 1.67. The summed E-state index contributed by atoms with van der Waals surface area (Å²) in [7, 11) is 0. The van der Waals surface area contributed by atoms with Gasteiger partial charge in [0.1, 0.15) is 0 Å². The molecule has 2 N–H and O–H groups in total. The van der Waals surface area contributed by atoms with Crippen molar-refractivity contribution >= 4 is 17.3 Å². The van der Waals surface area contributed by atoms with Crippen LogP contribution in [0.3, 0.4) is 0 Å². The van der Waals surface area contributed by atoms with E-state index in [0.29, 0.717) is 16.5 Å². The highest BCUT2D eigenvalue weighted by molar-refractivity contribution is 6.33. The summed E-state index contributed by atoms with van der Waals surface area (Å²) in [5.74, 6) is 0.572. The Morgan fingerprint density at radius 2 is 2.00 bits per heavy atom. The quantitative estimate of drug-likeness (QED) is 0.754. The van der Waals surface area contributed by atoms with E-state index in [2.05, 4.69) is 34.6 Å². The fourth-order valence-electron chi connectivity index (χ4n) is 2.17. The van der Waals surface area contributed by atoms with Gasteiger partial charge in [-0.2, -0.15) is 4.68 Å². The van der Waals surface area contributed by atoms with Crippen molar-refractivity contribution in [3.63, 3.8) is 0 Å². The summed E-state index contributed by atoms with van der Waals surface area (Å²) in [6, 6.07) is 13.5. The minimum Gasteiger partial charge on any atom is -0.397 e. The van der Waals surface area contributed by atoms with Gasteiger partial charge in [0.05, 0.1) is 16.4 Å². The Hall–Kier alpha value is -2.40. The second kappa shape index (κ2) is 5.54. The van der Waals surface area contributed by atoms with Crippen LogP contribution in [0.1, 0.15) is 12.5 Å². The summed E-state index contributed by atoms with van der Waals surface area (Å²) in [6.07, 6.45) is 0.949. The molecule has 0 spiro atoms. The topological polar surface area (TPSA) is 69.6 Å². The van der Waals surface area contributed by atoms with Gasteiger partial charge in [0.15, 0.2) is 5.82 Å². The third-order valence-electron chi connectivity index (χ3n) is 3.33. The predicted octanol–water partition coefficient (Wildman–Crippen LogP) is 3.13. The van der Waals surface area contributed by atoms with Gasteiger partial charge in [-0.25, -0.2) is 0 Å². The van der Waals surface area contributed by atoms with E-state index in [0.717, 1.165) is 17.7 Å². The van der Waals surface area contributed by atoms with Crippen LogP contribution < -0.4 is 5.73 Å². The second-order valence-electron chi connectivity index (χ2n) is 4.64. The highest BCUT2D eigenvalue weighted by Crippen LogP contribution is 2.30. The molecule has 21 heavy (non-hydrogen) atoms. The van der Waals surface area contributed by atoms with Gasteiger partial charge >= 0.3 is 0 Å². The standard InChI is InChI=1S/C15H14ClN5/c1-2-10-5-3-6-11(9-10)21-15(18-19-20-21)12-7-4-8-13(16)14(12)17/h3-9H,2,17H2,1H3. The molecule has 1 aromatic heterocycles. The van der Waals surface area contributed by atoms with Crippen LogP contribution in [0.4, 0.5) is 5.69 Å². The van der Waals surface area contributed by atoms with Crippen molar-refractivity contribution in [1.82, 2.24) is 20.2 Å². The number of tetrazole rings is 1.